The summed E-state index contributed by atoms with van der Waals surface area (Å²) >= 11 is 1.90. The summed E-state index contributed by atoms with van der Waals surface area (Å²) in [6, 6.07) is 65.8. The molecule has 11 rings (SSSR count). The zero-order valence-corrected chi connectivity index (χ0v) is 31.9. The Labute approximate surface area is 330 Å². The third kappa shape index (κ3) is 5.16. The Morgan fingerprint density at radius 2 is 1.00 bits per heavy atom. The topological polar surface area (TPSA) is 25.8 Å². The summed E-state index contributed by atoms with van der Waals surface area (Å²) in [4.78, 5) is 10.7. The van der Waals surface area contributed by atoms with Crippen molar-refractivity contribution in [2.45, 2.75) is 19.3 Å². The van der Waals surface area contributed by atoms with Crippen LogP contribution in [0.25, 0.3) is 98.2 Å². The normalized spacial score (nSPS) is 13.0. The second-order valence-electron chi connectivity index (χ2n) is 15.3. The van der Waals surface area contributed by atoms with Crippen molar-refractivity contribution in [3.8, 4) is 67.3 Å². The molecule has 2 aromatic heterocycles. The van der Waals surface area contributed by atoms with Crippen LogP contribution in [0.15, 0.2) is 182 Å². The summed E-state index contributed by atoms with van der Waals surface area (Å²) in [5.41, 5.74) is 14.8. The summed E-state index contributed by atoms with van der Waals surface area (Å²) in [6.45, 7) is 4.66. The fourth-order valence-electron chi connectivity index (χ4n) is 8.90. The molecule has 56 heavy (non-hydrogen) atoms. The van der Waals surface area contributed by atoms with Gasteiger partial charge in [-0.1, -0.05) is 172 Å². The first-order chi connectivity index (χ1) is 27.5. The molecular weight excluding hydrogens is 697 g/mol. The molecule has 0 N–H and O–H groups in total. The number of fused-ring (bicyclic) bond motifs is 8. The fourth-order valence-corrected chi connectivity index (χ4v) is 10.3. The Morgan fingerprint density at radius 3 is 1.86 bits per heavy atom. The zero-order chi connectivity index (χ0) is 37.4. The van der Waals surface area contributed by atoms with Crippen LogP contribution in [0.2, 0.25) is 0 Å². The molecule has 0 atom stereocenters. The smallest absolute Gasteiger partial charge is 0.160 e. The van der Waals surface area contributed by atoms with Gasteiger partial charge in [0.25, 0.3) is 0 Å². The highest BCUT2D eigenvalue weighted by molar-refractivity contribution is 7.27. The molecule has 0 fully saturated rings. The molecule has 0 saturated heterocycles. The number of benzene rings is 8. The third-order valence-electron chi connectivity index (χ3n) is 11.7. The number of hydrogen-bond donors (Lipinski definition) is 0. The summed E-state index contributed by atoms with van der Waals surface area (Å²) in [6.07, 6.45) is 0. The van der Waals surface area contributed by atoms with Crippen LogP contribution in [-0.4, -0.2) is 9.97 Å². The Hall–Kier alpha value is -6.68. The minimum Gasteiger partial charge on any atom is -0.228 e. The Balaban J connectivity index is 1.17. The van der Waals surface area contributed by atoms with E-state index in [2.05, 4.69) is 190 Å². The van der Waals surface area contributed by atoms with Crippen molar-refractivity contribution in [1.82, 2.24) is 9.97 Å². The SMILES string of the molecule is CC1(C)c2ccccc2-c2c(-c3cc(-c4cc(-c5ccccc5)cc(-c5cccc6c5sc5c7ccccc7ccc65)c4)nc(-c4ccccc4)n3)cccc21. The van der Waals surface area contributed by atoms with Gasteiger partial charge >= 0.3 is 0 Å². The molecule has 1 aliphatic carbocycles. The summed E-state index contributed by atoms with van der Waals surface area (Å²) < 4.78 is 2.63. The van der Waals surface area contributed by atoms with Gasteiger partial charge in [0.15, 0.2) is 5.82 Å². The van der Waals surface area contributed by atoms with Gasteiger partial charge in [0.2, 0.25) is 0 Å². The molecule has 3 heteroatoms. The van der Waals surface area contributed by atoms with Gasteiger partial charge in [-0.3, -0.25) is 0 Å². The number of hydrogen-bond acceptors (Lipinski definition) is 3. The van der Waals surface area contributed by atoms with Crippen molar-refractivity contribution in [2.24, 2.45) is 0 Å². The van der Waals surface area contributed by atoms with E-state index in [4.69, 9.17) is 9.97 Å². The van der Waals surface area contributed by atoms with E-state index in [9.17, 15) is 0 Å². The maximum Gasteiger partial charge on any atom is 0.160 e. The lowest BCUT2D eigenvalue weighted by Crippen LogP contribution is -2.14. The van der Waals surface area contributed by atoms with Crippen LogP contribution in [0.1, 0.15) is 25.0 Å². The summed E-state index contributed by atoms with van der Waals surface area (Å²) in [7, 11) is 0. The highest BCUT2D eigenvalue weighted by atomic mass is 32.1. The molecule has 0 amide bonds. The second kappa shape index (κ2) is 12.7. The quantitative estimate of drug-likeness (QED) is 0.176. The number of nitrogens with zero attached hydrogens (tertiary/aromatic N) is 2. The van der Waals surface area contributed by atoms with Gasteiger partial charge in [0, 0.05) is 42.3 Å². The average molecular weight is 733 g/mol. The monoisotopic (exact) mass is 732 g/mol. The number of aromatic nitrogens is 2. The van der Waals surface area contributed by atoms with E-state index in [1.54, 1.807) is 0 Å². The molecular formula is C53H36N2S. The molecule has 0 spiro atoms. The van der Waals surface area contributed by atoms with E-state index in [0.29, 0.717) is 5.82 Å². The first kappa shape index (κ1) is 32.7. The van der Waals surface area contributed by atoms with Crippen LogP contribution >= 0.6 is 11.3 Å². The molecule has 0 saturated carbocycles. The lowest BCUT2D eigenvalue weighted by atomic mass is 9.82. The van der Waals surface area contributed by atoms with E-state index in [1.165, 1.54) is 69.9 Å². The predicted molar refractivity (Wildman–Crippen MR) is 237 cm³/mol. The molecule has 264 valence electrons. The van der Waals surface area contributed by atoms with Crippen molar-refractivity contribution in [3.05, 3.63) is 193 Å². The Kier molecular flexibility index (Phi) is 7.42. The first-order valence-electron chi connectivity index (χ1n) is 19.2. The van der Waals surface area contributed by atoms with E-state index < -0.39 is 0 Å². The van der Waals surface area contributed by atoms with Gasteiger partial charge in [-0.2, -0.15) is 0 Å². The molecule has 10 aromatic rings. The standard InChI is InChI=1S/C53H36N2S/c1-53(2)45-25-12-11-21-43(45)49-44(24-14-26-46(49)53)48-32-47(54-52(55-48)35-18-7-4-8-19-35)38-30-36(33-15-5-3-6-16-33)29-37(31-38)40-22-13-23-41-42-28-27-34-17-9-10-20-39(34)50(42)56-51(40)41/h3-32H,1-2H3. The van der Waals surface area contributed by atoms with Gasteiger partial charge in [-0.05, 0) is 79.5 Å². The van der Waals surface area contributed by atoms with Gasteiger partial charge in [-0.15, -0.1) is 11.3 Å². The molecule has 2 heterocycles. The molecule has 1 aliphatic rings. The minimum absolute atomic E-state index is 0.112. The third-order valence-corrected chi connectivity index (χ3v) is 13.0. The Bertz CT molecular complexity index is 3160. The molecule has 0 unspecified atom stereocenters. The molecule has 0 bridgehead atoms. The van der Waals surface area contributed by atoms with Crippen molar-refractivity contribution in [1.29, 1.82) is 0 Å². The molecule has 0 aliphatic heterocycles. The number of rotatable bonds is 5. The van der Waals surface area contributed by atoms with Crippen LogP contribution in [-0.2, 0) is 5.41 Å². The van der Waals surface area contributed by atoms with Crippen molar-refractivity contribution >= 4 is 42.3 Å². The largest absolute Gasteiger partial charge is 0.228 e. The van der Waals surface area contributed by atoms with Crippen LogP contribution in [0.3, 0.4) is 0 Å². The van der Waals surface area contributed by atoms with E-state index >= 15 is 0 Å². The van der Waals surface area contributed by atoms with E-state index in [1.807, 2.05) is 17.4 Å². The zero-order valence-electron chi connectivity index (χ0n) is 31.1. The van der Waals surface area contributed by atoms with E-state index in [0.717, 1.165) is 33.6 Å². The van der Waals surface area contributed by atoms with Crippen LogP contribution in [0.5, 0.6) is 0 Å². The van der Waals surface area contributed by atoms with E-state index in [-0.39, 0.29) is 5.41 Å². The number of thiophene rings is 1. The van der Waals surface area contributed by atoms with Gasteiger partial charge in [-0.25, -0.2) is 9.97 Å². The minimum atomic E-state index is -0.112. The predicted octanol–water partition coefficient (Wildman–Crippen LogP) is 14.6. The van der Waals surface area contributed by atoms with Crippen LogP contribution < -0.4 is 0 Å². The highest BCUT2D eigenvalue weighted by Gasteiger charge is 2.36. The fraction of sp³-hybridized carbons (Fsp3) is 0.0566. The first-order valence-corrected chi connectivity index (χ1v) is 20.1. The second-order valence-corrected chi connectivity index (χ2v) is 16.4. The maximum absolute atomic E-state index is 5.36. The van der Waals surface area contributed by atoms with Crippen LogP contribution in [0.4, 0.5) is 0 Å². The van der Waals surface area contributed by atoms with Crippen LogP contribution in [0, 0.1) is 0 Å². The van der Waals surface area contributed by atoms with Crippen molar-refractivity contribution < 1.29 is 0 Å². The average Bonchev–Trinajstić information content (AvgIpc) is 3.76. The molecule has 2 nitrogen and oxygen atoms in total. The highest BCUT2D eigenvalue weighted by Crippen LogP contribution is 2.52. The molecule has 0 radical (unpaired) electrons. The molecule has 8 aromatic carbocycles. The lowest BCUT2D eigenvalue weighted by Gasteiger charge is -2.21. The maximum atomic E-state index is 5.36. The van der Waals surface area contributed by atoms with Gasteiger partial charge in [0.05, 0.1) is 11.4 Å². The Morgan fingerprint density at radius 1 is 0.393 bits per heavy atom. The summed E-state index contributed by atoms with van der Waals surface area (Å²) in [5, 5.41) is 5.16. The van der Waals surface area contributed by atoms with Gasteiger partial charge in [0.1, 0.15) is 0 Å². The lowest BCUT2D eigenvalue weighted by molar-refractivity contribution is 0.660. The van der Waals surface area contributed by atoms with Crippen molar-refractivity contribution in [3.63, 3.8) is 0 Å². The van der Waals surface area contributed by atoms with Crippen molar-refractivity contribution in [2.75, 3.05) is 0 Å². The van der Waals surface area contributed by atoms with Gasteiger partial charge < -0.3 is 0 Å². The summed E-state index contributed by atoms with van der Waals surface area (Å²) in [5.74, 6) is 0.714.